The van der Waals surface area contributed by atoms with Crippen molar-refractivity contribution in [2.24, 2.45) is 11.0 Å². The van der Waals surface area contributed by atoms with Gasteiger partial charge in [0.2, 0.25) is 5.60 Å². The molecule has 1 heterocycles. The van der Waals surface area contributed by atoms with E-state index >= 15 is 0 Å². The highest BCUT2D eigenvalue weighted by molar-refractivity contribution is 6.24. The number of nitrogens with zero attached hydrogens (tertiary/aromatic N) is 2. The van der Waals surface area contributed by atoms with Gasteiger partial charge in [-0.25, -0.2) is 4.89 Å². The standard InChI is InChI=1S/C23H24N2O6/c1-3-30-20(26)19-18(15-10-6-4-7-11-15)23(31-29)17(14-22(19,2)28)24-25(21(23)27)16-12-8-5-9-13-16/h4-13,18-19,28-29H,3,14H2,1-2H3. The zero-order valence-electron chi connectivity index (χ0n) is 17.3. The maximum atomic E-state index is 13.7. The molecule has 1 amide bonds. The molecule has 8 nitrogen and oxygen atoms in total. The number of amides is 1. The van der Waals surface area contributed by atoms with Crippen LogP contribution in [0.15, 0.2) is 65.8 Å². The number of ether oxygens (including phenoxy) is 1. The van der Waals surface area contributed by atoms with Gasteiger partial charge in [0.1, 0.15) is 0 Å². The van der Waals surface area contributed by atoms with Gasteiger partial charge >= 0.3 is 5.97 Å². The SMILES string of the molecule is CCOC(=O)C1C(c2ccccc2)C2(OO)C(=O)N(c3ccccc3)N=C2CC1(C)O. The minimum Gasteiger partial charge on any atom is -0.466 e. The molecule has 2 N–H and O–H groups in total. The maximum Gasteiger partial charge on any atom is 0.312 e. The molecular weight excluding hydrogens is 400 g/mol. The van der Waals surface area contributed by atoms with E-state index in [-0.39, 0.29) is 18.7 Å². The number of para-hydroxylation sites is 1. The van der Waals surface area contributed by atoms with Crippen LogP contribution >= 0.6 is 0 Å². The van der Waals surface area contributed by atoms with Crippen LogP contribution in [0, 0.1) is 5.92 Å². The summed E-state index contributed by atoms with van der Waals surface area (Å²) in [6, 6.07) is 17.4. The second kappa shape index (κ2) is 7.88. The van der Waals surface area contributed by atoms with E-state index in [2.05, 4.69) is 5.10 Å². The minimum atomic E-state index is -1.98. The second-order valence-electron chi connectivity index (χ2n) is 7.98. The van der Waals surface area contributed by atoms with Crippen molar-refractivity contribution >= 4 is 23.3 Å². The van der Waals surface area contributed by atoms with Crippen molar-refractivity contribution < 1.29 is 29.6 Å². The Labute approximate surface area is 179 Å². The molecule has 1 fully saturated rings. The van der Waals surface area contributed by atoms with E-state index < -0.39 is 34.9 Å². The quantitative estimate of drug-likeness (QED) is 0.434. The van der Waals surface area contributed by atoms with Crippen LogP contribution in [0.4, 0.5) is 5.69 Å². The lowest BCUT2D eigenvalue weighted by Gasteiger charge is -2.47. The van der Waals surface area contributed by atoms with Gasteiger partial charge in [0.15, 0.2) is 0 Å². The number of benzene rings is 2. The zero-order valence-corrected chi connectivity index (χ0v) is 17.3. The number of aliphatic hydroxyl groups is 1. The van der Waals surface area contributed by atoms with E-state index in [1.807, 2.05) is 0 Å². The van der Waals surface area contributed by atoms with Crippen LogP contribution in [0.5, 0.6) is 0 Å². The normalized spacial score (nSPS) is 30.0. The van der Waals surface area contributed by atoms with Crippen molar-refractivity contribution in [3.63, 3.8) is 0 Å². The fraction of sp³-hybridized carbons (Fsp3) is 0.348. The maximum absolute atomic E-state index is 13.7. The zero-order chi connectivity index (χ0) is 22.2. The van der Waals surface area contributed by atoms with Gasteiger partial charge in [-0.2, -0.15) is 10.1 Å². The molecule has 0 bridgehead atoms. The Morgan fingerprint density at radius 1 is 1.16 bits per heavy atom. The van der Waals surface area contributed by atoms with Gasteiger partial charge < -0.3 is 9.84 Å². The molecule has 8 heteroatoms. The highest BCUT2D eigenvalue weighted by atomic mass is 17.1. The summed E-state index contributed by atoms with van der Waals surface area (Å²) in [6.07, 6.45) is -0.157. The molecule has 0 saturated heterocycles. The first-order valence-electron chi connectivity index (χ1n) is 10.1. The van der Waals surface area contributed by atoms with Crippen molar-refractivity contribution in [3.05, 3.63) is 66.2 Å². The monoisotopic (exact) mass is 424 g/mol. The molecule has 4 atom stereocenters. The number of esters is 1. The summed E-state index contributed by atoms with van der Waals surface area (Å²) in [5.41, 5.74) is -2.42. The largest absolute Gasteiger partial charge is 0.466 e. The Hall–Kier alpha value is -3.07. The summed E-state index contributed by atoms with van der Waals surface area (Å²) in [7, 11) is 0. The molecule has 4 unspecified atom stereocenters. The van der Waals surface area contributed by atoms with Crippen LogP contribution in [0.25, 0.3) is 0 Å². The number of anilines is 1. The first-order chi connectivity index (χ1) is 14.9. The molecule has 31 heavy (non-hydrogen) atoms. The Morgan fingerprint density at radius 3 is 2.35 bits per heavy atom. The number of hydrogen-bond donors (Lipinski definition) is 2. The van der Waals surface area contributed by atoms with Crippen LogP contribution in [0.1, 0.15) is 31.7 Å². The lowest BCUT2D eigenvalue weighted by molar-refractivity contribution is -0.303. The van der Waals surface area contributed by atoms with Gasteiger partial charge in [-0.15, -0.1) is 0 Å². The molecule has 2 aromatic rings. The molecule has 162 valence electrons. The lowest BCUT2D eigenvalue weighted by Crippen LogP contribution is -2.65. The summed E-state index contributed by atoms with van der Waals surface area (Å²) in [6.45, 7) is 3.27. The fourth-order valence-corrected chi connectivity index (χ4v) is 4.65. The number of rotatable bonds is 5. The first kappa shape index (κ1) is 21.2. The van der Waals surface area contributed by atoms with Crippen LogP contribution in [-0.2, 0) is 19.2 Å². The highest BCUT2D eigenvalue weighted by Crippen LogP contribution is 2.53. The topological polar surface area (TPSA) is 109 Å². The van der Waals surface area contributed by atoms with Gasteiger partial charge in [0, 0.05) is 12.3 Å². The van der Waals surface area contributed by atoms with Gasteiger partial charge in [-0.3, -0.25) is 14.8 Å². The molecule has 0 spiro atoms. The number of hydrogen-bond acceptors (Lipinski definition) is 7. The molecule has 2 aromatic carbocycles. The molecular formula is C23H24N2O6. The van der Waals surface area contributed by atoms with E-state index in [1.54, 1.807) is 67.6 Å². The van der Waals surface area contributed by atoms with Crippen LogP contribution in [0.2, 0.25) is 0 Å². The number of hydrazone groups is 1. The molecule has 1 aliphatic carbocycles. The summed E-state index contributed by atoms with van der Waals surface area (Å²) in [5, 5.41) is 27.0. The van der Waals surface area contributed by atoms with Crippen molar-refractivity contribution in [1.29, 1.82) is 0 Å². The van der Waals surface area contributed by atoms with E-state index in [4.69, 9.17) is 9.62 Å². The van der Waals surface area contributed by atoms with Crippen LogP contribution in [0.3, 0.4) is 0 Å². The fourth-order valence-electron chi connectivity index (χ4n) is 4.65. The van der Waals surface area contributed by atoms with Gasteiger partial charge in [0.05, 0.1) is 29.5 Å². The third-order valence-corrected chi connectivity index (χ3v) is 5.97. The smallest absolute Gasteiger partial charge is 0.312 e. The summed E-state index contributed by atoms with van der Waals surface area (Å²) >= 11 is 0. The molecule has 4 rings (SSSR count). The summed E-state index contributed by atoms with van der Waals surface area (Å²) in [5.74, 6) is -3.57. The van der Waals surface area contributed by atoms with Crippen LogP contribution < -0.4 is 5.01 Å². The summed E-state index contributed by atoms with van der Waals surface area (Å²) in [4.78, 5) is 31.7. The Kier molecular flexibility index (Phi) is 5.38. The van der Waals surface area contributed by atoms with Gasteiger partial charge in [-0.05, 0) is 31.5 Å². The van der Waals surface area contributed by atoms with E-state index in [9.17, 15) is 20.0 Å². The van der Waals surface area contributed by atoms with Gasteiger partial charge in [0.25, 0.3) is 5.91 Å². The van der Waals surface area contributed by atoms with Gasteiger partial charge in [-0.1, -0.05) is 48.5 Å². The second-order valence-corrected chi connectivity index (χ2v) is 7.98. The van der Waals surface area contributed by atoms with Crippen LogP contribution in [-0.4, -0.2) is 45.8 Å². The average molecular weight is 424 g/mol. The van der Waals surface area contributed by atoms with Crippen molar-refractivity contribution in [2.45, 2.75) is 37.4 Å². The van der Waals surface area contributed by atoms with E-state index in [0.717, 1.165) is 5.01 Å². The Morgan fingerprint density at radius 2 is 1.77 bits per heavy atom. The minimum absolute atomic E-state index is 0.102. The van der Waals surface area contributed by atoms with Crippen molar-refractivity contribution in [1.82, 2.24) is 0 Å². The van der Waals surface area contributed by atoms with E-state index in [0.29, 0.717) is 11.3 Å². The summed E-state index contributed by atoms with van der Waals surface area (Å²) < 4.78 is 5.25. The third kappa shape index (κ3) is 3.23. The Bertz CT molecular complexity index is 1010. The lowest BCUT2D eigenvalue weighted by atomic mass is 9.59. The number of carbonyl (C=O) groups excluding carboxylic acids is 2. The molecule has 1 saturated carbocycles. The number of carbonyl (C=O) groups is 2. The first-order valence-corrected chi connectivity index (χ1v) is 10.1. The van der Waals surface area contributed by atoms with Crippen molar-refractivity contribution in [3.8, 4) is 0 Å². The van der Waals surface area contributed by atoms with E-state index in [1.165, 1.54) is 6.92 Å². The third-order valence-electron chi connectivity index (χ3n) is 5.97. The molecule has 1 aliphatic heterocycles. The highest BCUT2D eigenvalue weighted by Gasteiger charge is 2.69. The molecule has 0 aromatic heterocycles. The Balaban J connectivity index is 1.93. The number of fused-ring (bicyclic) bond motifs is 1. The average Bonchev–Trinajstić information content (AvgIpc) is 3.05. The molecule has 2 aliphatic rings. The predicted molar refractivity (Wildman–Crippen MR) is 112 cm³/mol. The molecule has 0 radical (unpaired) electrons. The van der Waals surface area contributed by atoms with Crippen molar-refractivity contribution in [2.75, 3.05) is 11.6 Å². The predicted octanol–water partition coefficient (Wildman–Crippen LogP) is 2.74.